The Balaban J connectivity index is 2.02. The Bertz CT molecular complexity index is 697. The van der Waals surface area contributed by atoms with Gasteiger partial charge in [0.15, 0.2) is 14.6 Å². The van der Waals surface area contributed by atoms with E-state index in [9.17, 15) is 13.2 Å². The normalized spacial score (nSPS) is 17.1. The maximum atomic E-state index is 12.7. The van der Waals surface area contributed by atoms with Crippen LogP contribution in [0.4, 0.5) is 5.69 Å². The lowest BCUT2D eigenvalue weighted by Crippen LogP contribution is -2.57. The molecule has 0 spiro atoms. The predicted molar refractivity (Wildman–Crippen MR) is 102 cm³/mol. The van der Waals surface area contributed by atoms with Gasteiger partial charge in [-0.15, -0.1) is 0 Å². The molecule has 0 aromatic heterocycles. The van der Waals surface area contributed by atoms with Crippen LogP contribution in [0.15, 0.2) is 24.3 Å². The van der Waals surface area contributed by atoms with E-state index in [1.54, 1.807) is 0 Å². The number of carbonyl (C=O) groups excluding carboxylic acids is 1. The summed E-state index contributed by atoms with van der Waals surface area (Å²) in [6.45, 7) is 7.11. The summed E-state index contributed by atoms with van der Waals surface area (Å²) in [4.78, 5) is 14.9. The molecule has 1 amide bonds. The summed E-state index contributed by atoms with van der Waals surface area (Å²) < 4.78 is 23.2. The van der Waals surface area contributed by atoms with Crippen molar-refractivity contribution in [2.24, 2.45) is 0 Å². The van der Waals surface area contributed by atoms with Gasteiger partial charge in [-0.25, -0.2) is 8.42 Å². The maximum absolute atomic E-state index is 12.7. The molecular formula is C18H29N3O3S. The number of nitrogens with zero attached hydrogens (tertiary/aromatic N) is 1. The third-order valence-corrected chi connectivity index (χ3v) is 7.05. The van der Waals surface area contributed by atoms with E-state index in [1.165, 1.54) is 11.8 Å². The molecule has 1 aliphatic rings. The van der Waals surface area contributed by atoms with Crippen molar-refractivity contribution in [3.63, 3.8) is 0 Å². The van der Waals surface area contributed by atoms with E-state index in [0.29, 0.717) is 39.0 Å². The van der Waals surface area contributed by atoms with Crippen LogP contribution < -0.4 is 15.5 Å². The average Bonchev–Trinajstić information content (AvgIpc) is 2.59. The maximum Gasteiger partial charge on any atom is 0.241 e. The fourth-order valence-electron chi connectivity index (χ4n) is 3.43. The Kier molecular flexibility index (Phi) is 6.46. The number of anilines is 1. The van der Waals surface area contributed by atoms with Crippen molar-refractivity contribution in [1.29, 1.82) is 0 Å². The van der Waals surface area contributed by atoms with Gasteiger partial charge in [-0.2, -0.15) is 0 Å². The molecule has 0 bridgehead atoms. The fourth-order valence-corrected chi connectivity index (χ4v) is 4.78. The van der Waals surface area contributed by atoms with Gasteiger partial charge in [-0.05, 0) is 51.4 Å². The van der Waals surface area contributed by atoms with E-state index < -0.39 is 14.6 Å². The van der Waals surface area contributed by atoms with Gasteiger partial charge in [0.1, 0.15) is 0 Å². The molecule has 6 nitrogen and oxygen atoms in total. The van der Waals surface area contributed by atoms with Crippen LogP contribution in [0.2, 0.25) is 0 Å². The molecule has 2 N–H and O–H groups in total. The molecule has 1 aromatic carbocycles. The summed E-state index contributed by atoms with van der Waals surface area (Å²) in [5.74, 6) is -0.364. The van der Waals surface area contributed by atoms with E-state index in [4.69, 9.17) is 0 Å². The van der Waals surface area contributed by atoms with Crippen molar-refractivity contribution in [3.8, 4) is 0 Å². The number of para-hydroxylation sites is 1. The molecule has 0 radical (unpaired) electrons. The molecule has 0 atom stereocenters. The van der Waals surface area contributed by atoms with Crippen LogP contribution in [0.25, 0.3) is 0 Å². The third-order valence-electron chi connectivity index (χ3n) is 5.04. The molecular weight excluding hydrogens is 338 g/mol. The van der Waals surface area contributed by atoms with Gasteiger partial charge in [0.05, 0.1) is 0 Å². The Morgan fingerprint density at radius 3 is 2.48 bits per heavy atom. The lowest BCUT2D eigenvalue weighted by Gasteiger charge is -2.34. The number of likely N-dealkylation sites (N-methyl/N-ethyl adjacent to an activating group) is 1. The molecule has 1 heterocycles. The molecule has 0 unspecified atom stereocenters. The van der Waals surface area contributed by atoms with Crippen molar-refractivity contribution in [1.82, 2.24) is 10.6 Å². The van der Waals surface area contributed by atoms with Gasteiger partial charge in [0.2, 0.25) is 5.91 Å². The predicted octanol–water partition coefficient (Wildman–Crippen LogP) is 1.10. The number of aryl methyl sites for hydroxylation is 1. The van der Waals surface area contributed by atoms with Crippen molar-refractivity contribution >= 4 is 21.4 Å². The van der Waals surface area contributed by atoms with Crippen LogP contribution in [-0.4, -0.2) is 58.1 Å². The number of hydrogen-bond acceptors (Lipinski definition) is 5. The standard InChI is InChI=1S/C18H29N3O3S/c1-4-21(16-8-6-5-7-15(16)2)14-13-20-17(22)18(25(3,23)24)9-11-19-12-10-18/h5-8,19H,4,9-14H2,1-3H3,(H,20,22). The van der Waals surface area contributed by atoms with Gasteiger partial charge in [-0.3, -0.25) is 4.79 Å². The number of nitrogens with one attached hydrogen (secondary N) is 2. The van der Waals surface area contributed by atoms with Gasteiger partial charge in [0, 0.05) is 31.6 Å². The van der Waals surface area contributed by atoms with Crippen molar-refractivity contribution in [2.75, 3.05) is 43.9 Å². The van der Waals surface area contributed by atoms with Crippen molar-refractivity contribution < 1.29 is 13.2 Å². The zero-order valence-corrected chi connectivity index (χ0v) is 16.2. The topological polar surface area (TPSA) is 78.5 Å². The summed E-state index contributed by atoms with van der Waals surface area (Å²) in [7, 11) is -3.47. The van der Waals surface area contributed by atoms with E-state index in [2.05, 4.69) is 41.5 Å². The molecule has 0 aliphatic carbocycles. The van der Waals surface area contributed by atoms with Crippen LogP contribution >= 0.6 is 0 Å². The highest BCUT2D eigenvalue weighted by atomic mass is 32.2. The summed E-state index contributed by atoms with van der Waals surface area (Å²) in [5.41, 5.74) is 2.32. The van der Waals surface area contributed by atoms with Crippen LogP contribution in [0, 0.1) is 6.92 Å². The largest absolute Gasteiger partial charge is 0.370 e. The number of hydrogen-bond donors (Lipinski definition) is 2. The number of carbonyl (C=O) groups is 1. The number of piperidine rings is 1. The minimum absolute atomic E-state index is 0.326. The second kappa shape index (κ2) is 8.19. The number of benzene rings is 1. The highest BCUT2D eigenvalue weighted by Crippen LogP contribution is 2.28. The molecule has 1 fully saturated rings. The molecule has 1 saturated heterocycles. The van der Waals surface area contributed by atoms with Gasteiger partial charge in [-0.1, -0.05) is 18.2 Å². The lowest BCUT2D eigenvalue weighted by molar-refractivity contribution is -0.124. The molecule has 140 valence electrons. The highest BCUT2D eigenvalue weighted by molar-refractivity contribution is 7.92. The third kappa shape index (κ3) is 4.33. The molecule has 1 aliphatic heterocycles. The second-order valence-electron chi connectivity index (χ2n) is 6.64. The zero-order valence-electron chi connectivity index (χ0n) is 15.3. The average molecular weight is 368 g/mol. The van der Waals surface area contributed by atoms with E-state index in [-0.39, 0.29) is 5.91 Å². The summed E-state index contributed by atoms with van der Waals surface area (Å²) in [5, 5.41) is 5.99. The first-order chi connectivity index (χ1) is 11.8. The molecule has 0 saturated carbocycles. The van der Waals surface area contributed by atoms with Crippen LogP contribution in [0.1, 0.15) is 25.3 Å². The van der Waals surface area contributed by atoms with Crippen LogP contribution in [0.3, 0.4) is 0 Å². The minimum Gasteiger partial charge on any atom is -0.370 e. The first-order valence-electron chi connectivity index (χ1n) is 8.81. The minimum atomic E-state index is -3.47. The Morgan fingerprint density at radius 2 is 1.92 bits per heavy atom. The quantitative estimate of drug-likeness (QED) is 0.755. The zero-order chi connectivity index (χ0) is 18.5. The Hall–Kier alpha value is -1.60. The van der Waals surface area contributed by atoms with E-state index >= 15 is 0 Å². The first kappa shape index (κ1) is 19.7. The van der Waals surface area contributed by atoms with Crippen molar-refractivity contribution in [2.45, 2.75) is 31.4 Å². The monoisotopic (exact) mass is 367 g/mol. The molecule has 1 aromatic rings. The summed E-state index contributed by atoms with van der Waals surface area (Å²) in [6, 6.07) is 8.12. The Labute approximate surface area is 150 Å². The van der Waals surface area contributed by atoms with Gasteiger partial charge in [0.25, 0.3) is 0 Å². The van der Waals surface area contributed by atoms with Crippen LogP contribution in [0.5, 0.6) is 0 Å². The molecule has 2 rings (SSSR count). The van der Waals surface area contributed by atoms with E-state index in [0.717, 1.165) is 12.2 Å². The van der Waals surface area contributed by atoms with Crippen LogP contribution in [-0.2, 0) is 14.6 Å². The van der Waals surface area contributed by atoms with Gasteiger partial charge >= 0.3 is 0 Å². The SMILES string of the molecule is CCN(CCNC(=O)C1(S(C)(=O)=O)CCNCC1)c1ccccc1C. The fraction of sp³-hybridized carbons (Fsp3) is 0.611. The lowest BCUT2D eigenvalue weighted by atomic mass is 9.96. The number of rotatable bonds is 7. The Morgan fingerprint density at radius 1 is 1.28 bits per heavy atom. The van der Waals surface area contributed by atoms with E-state index in [1.807, 2.05) is 12.1 Å². The molecule has 7 heteroatoms. The summed E-state index contributed by atoms with van der Waals surface area (Å²) in [6.07, 6.45) is 1.82. The summed E-state index contributed by atoms with van der Waals surface area (Å²) >= 11 is 0. The first-order valence-corrected chi connectivity index (χ1v) is 10.7. The molecule has 25 heavy (non-hydrogen) atoms. The highest BCUT2D eigenvalue weighted by Gasteiger charge is 2.48. The second-order valence-corrected chi connectivity index (χ2v) is 8.96. The van der Waals surface area contributed by atoms with Crippen molar-refractivity contribution in [3.05, 3.63) is 29.8 Å². The number of sulfone groups is 1. The number of amides is 1. The smallest absolute Gasteiger partial charge is 0.241 e. The van der Waals surface area contributed by atoms with Gasteiger partial charge < -0.3 is 15.5 Å².